The number of hydrogen-bond acceptors (Lipinski definition) is 5. The molecule has 1 amide bonds. The molecule has 2 aromatic rings. The molecule has 0 N–H and O–H groups in total. The monoisotopic (exact) mass is 356 g/mol. The first-order chi connectivity index (χ1) is 11.5. The molecule has 1 aromatic carbocycles. The molecule has 0 atom stereocenters. The van der Waals surface area contributed by atoms with Crippen molar-refractivity contribution < 1.29 is 9.53 Å². The third-order valence-electron chi connectivity index (χ3n) is 3.25. The molecule has 1 aliphatic heterocycles. The second-order valence-corrected chi connectivity index (χ2v) is 7.14. The van der Waals surface area contributed by atoms with Crippen LogP contribution < -0.4 is 9.64 Å². The van der Waals surface area contributed by atoms with Crippen molar-refractivity contribution in [1.82, 2.24) is 4.98 Å². The minimum atomic E-state index is -0.125. The molecule has 1 aliphatic rings. The number of ether oxygens (including phenoxy) is 1. The smallest absolute Gasteiger partial charge is 0.270 e. The van der Waals surface area contributed by atoms with E-state index in [2.05, 4.69) is 4.98 Å². The highest BCUT2D eigenvalue weighted by Gasteiger charge is 2.33. The maximum absolute atomic E-state index is 12.6. The van der Waals surface area contributed by atoms with Crippen LogP contribution in [0.15, 0.2) is 53.7 Å². The molecule has 122 valence electrons. The first-order valence-corrected chi connectivity index (χ1v) is 8.72. The Balaban J connectivity index is 1.81. The van der Waals surface area contributed by atoms with Gasteiger partial charge in [0.15, 0.2) is 4.32 Å². The van der Waals surface area contributed by atoms with E-state index in [1.54, 1.807) is 18.5 Å². The predicted octanol–water partition coefficient (Wildman–Crippen LogP) is 4.27. The van der Waals surface area contributed by atoms with Gasteiger partial charge >= 0.3 is 0 Å². The van der Waals surface area contributed by atoms with Crippen molar-refractivity contribution in [2.45, 2.75) is 20.0 Å². The summed E-state index contributed by atoms with van der Waals surface area (Å²) in [7, 11) is 0. The van der Waals surface area contributed by atoms with Crippen LogP contribution in [0.4, 0.5) is 5.69 Å². The van der Waals surface area contributed by atoms with Crippen LogP contribution in [-0.4, -0.2) is 21.3 Å². The number of carbonyl (C=O) groups excluding carboxylic acids is 1. The van der Waals surface area contributed by atoms with Gasteiger partial charge in [0.2, 0.25) is 0 Å². The molecule has 1 saturated heterocycles. The van der Waals surface area contributed by atoms with Crippen molar-refractivity contribution in [1.29, 1.82) is 0 Å². The van der Waals surface area contributed by atoms with Crippen LogP contribution in [0.1, 0.15) is 19.4 Å². The zero-order valence-electron chi connectivity index (χ0n) is 13.3. The van der Waals surface area contributed by atoms with Crippen LogP contribution in [0.5, 0.6) is 5.75 Å². The number of pyridine rings is 1. The topological polar surface area (TPSA) is 42.4 Å². The summed E-state index contributed by atoms with van der Waals surface area (Å²) >= 11 is 6.64. The number of hydrogen-bond donors (Lipinski definition) is 0. The van der Waals surface area contributed by atoms with Crippen molar-refractivity contribution in [3.8, 4) is 5.75 Å². The highest BCUT2D eigenvalue weighted by atomic mass is 32.2. The number of rotatable bonds is 4. The van der Waals surface area contributed by atoms with Gasteiger partial charge in [0, 0.05) is 6.20 Å². The van der Waals surface area contributed by atoms with E-state index in [4.69, 9.17) is 17.0 Å². The summed E-state index contributed by atoms with van der Waals surface area (Å²) in [5.74, 6) is 0.686. The summed E-state index contributed by atoms with van der Waals surface area (Å²) < 4.78 is 6.14. The van der Waals surface area contributed by atoms with Gasteiger partial charge in [-0.05, 0) is 49.8 Å². The first-order valence-electron chi connectivity index (χ1n) is 7.49. The highest BCUT2D eigenvalue weighted by molar-refractivity contribution is 8.27. The molecule has 3 rings (SSSR count). The summed E-state index contributed by atoms with van der Waals surface area (Å²) in [4.78, 5) is 18.8. The molecule has 1 aromatic heterocycles. The minimum absolute atomic E-state index is 0.125. The van der Waals surface area contributed by atoms with E-state index in [-0.39, 0.29) is 12.0 Å². The van der Waals surface area contributed by atoms with Crippen molar-refractivity contribution in [3.05, 3.63) is 59.3 Å². The lowest BCUT2D eigenvalue weighted by molar-refractivity contribution is -0.113. The minimum Gasteiger partial charge on any atom is -0.491 e. The summed E-state index contributed by atoms with van der Waals surface area (Å²) in [6.45, 7) is 3.97. The Bertz CT molecular complexity index is 786. The molecule has 1 fully saturated rings. The molecule has 0 aliphatic carbocycles. The number of aromatic nitrogens is 1. The number of carbonyl (C=O) groups is 1. The van der Waals surface area contributed by atoms with Crippen LogP contribution in [-0.2, 0) is 4.79 Å². The molecule has 2 heterocycles. The van der Waals surface area contributed by atoms with Gasteiger partial charge in [0.05, 0.1) is 22.9 Å². The Morgan fingerprint density at radius 3 is 2.62 bits per heavy atom. The van der Waals surface area contributed by atoms with Crippen LogP contribution in [0, 0.1) is 0 Å². The lowest BCUT2D eigenvalue weighted by atomic mass is 10.2. The molecular weight excluding hydrogens is 340 g/mol. The van der Waals surface area contributed by atoms with Gasteiger partial charge in [0.25, 0.3) is 5.91 Å². The van der Waals surface area contributed by atoms with Gasteiger partial charge in [-0.3, -0.25) is 14.7 Å². The molecule has 0 saturated carbocycles. The molecule has 6 heteroatoms. The van der Waals surface area contributed by atoms with Crippen LogP contribution in [0.25, 0.3) is 6.08 Å². The van der Waals surface area contributed by atoms with Crippen molar-refractivity contribution in [3.63, 3.8) is 0 Å². The summed E-state index contributed by atoms with van der Waals surface area (Å²) in [5.41, 5.74) is 1.61. The van der Waals surface area contributed by atoms with Gasteiger partial charge < -0.3 is 4.74 Å². The van der Waals surface area contributed by atoms with Crippen LogP contribution >= 0.6 is 24.0 Å². The van der Waals surface area contributed by atoms with Gasteiger partial charge in [0.1, 0.15) is 5.75 Å². The Morgan fingerprint density at radius 2 is 2.00 bits per heavy atom. The lowest BCUT2D eigenvalue weighted by Crippen LogP contribution is -2.27. The Morgan fingerprint density at radius 1 is 1.25 bits per heavy atom. The van der Waals surface area contributed by atoms with Gasteiger partial charge in [-0.2, -0.15) is 0 Å². The van der Waals surface area contributed by atoms with E-state index in [0.29, 0.717) is 14.9 Å². The number of anilines is 1. The molecule has 0 unspecified atom stereocenters. The van der Waals surface area contributed by atoms with Crippen LogP contribution in [0.3, 0.4) is 0 Å². The molecule has 0 bridgehead atoms. The Kier molecular flexibility index (Phi) is 4.97. The maximum Gasteiger partial charge on any atom is 0.270 e. The average molecular weight is 356 g/mol. The van der Waals surface area contributed by atoms with Crippen molar-refractivity contribution in [2.75, 3.05) is 4.90 Å². The van der Waals surface area contributed by atoms with Gasteiger partial charge in [-0.25, -0.2) is 0 Å². The Labute approximate surface area is 150 Å². The van der Waals surface area contributed by atoms with Gasteiger partial charge in [-0.15, -0.1) is 0 Å². The second-order valence-electron chi connectivity index (χ2n) is 5.46. The molecule has 0 radical (unpaired) electrons. The van der Waals surface area contributed by atoms with E-state index in [9.17, 15) is 4.79 Å². The second kappa shape index (κ2) is 7.15. The third-order valence-corrected chi connectivity index (χ3v) is 4.55. The zero-order valence-corrected chi connectivity index (χ0v) is 14.9. The first kappa shape index (κ1) is 16.7. The normalized spacial score (nSPS) is 16.3. The number of thioether (sulfide) groups is 1. The average Bonchev–Trinajstić information content (AvgIpc) is 2.83. The summed E-state index contributed by atoms with van der Waals surface area (Å²) in [6, 6.07) is 11.2. The van der Waals surface area contributed by atoms with E-state index in [0.717, 1.165) is 11.3 Å². The van der Waals surface area contributed by atoms with Gasteiger partial charge in [-0.1, -0.05) is 36.1 Å². The summed E-state index contributed by atoms with van der Waals surface area (Å²) in [6.07, 6.45) is 5.27. The lowest BCUT2D eigenvalue weighted by Gasteiger charge is -2.13. The fraction of sp³-hybridized carbons (Fsp3) is 0.167. The predicted molar refractivity (Wildman–Crippen MR) is 102 cm³/mol. The van der Waals surface area contributed by atoms with Crippen molar-refractivity contribution >= 4 is 46.0 Å². The number of nitrogens with zero attached hydrogens (tertiary/aromatic N) is 2. The fourth-order valence-corrected chi connectivity index (χ4v) is 3.54. The Hall–Kier alpha value is -2.18. The van der Waals surface area contributed by atoms with E-state index < -0.39 is 0 Å². The quantitative estimate of drug-likeness (QED) is 0.604. The van der Waals surface area contributed by atoms with E-state index in [1.165, 1.54) is 16.7 Å². The molecule has 0 spiro atoms. The fourth-order valence-electron chi connectivity index (χ4n) is 2.24. The van der Waals surface area contributed by atoms with Crippen LogP contribution in [0.2, 0.25) is 0 Å². The SMILES string of the molecule is CC(C)Oc1ccc(/C=C2\SC(=S)N(c3cccnc3)C2=O)cc1. The zero-order chi connectivity index (χ0) is 17.1. The molecular formula is C18H16N2O2S2. The standard InChI is InChI=1S/C18H16N2O2S2/c1-12(2)22-15-7-5-13(6-8-15)10-16-17(21)20(18(23)24-16)14-4-3-9-19-11-14/h3-12H,1-2H3/b16-10-. The number of benzene rings is 1. The molecule has 24 heavy (non-hydrogen) atoms. The number of thiocarbonyl (C=S) groups is 1. The number of amides is 1. The third kappa shape index (κ3) is 3.66. The van der Waals surface area contributed by atoms with E-state index in [1.807, 2.05) is 50.3 Å². The highest BCUT2D eigenvalue weighted by Crippen LogP contribution is 2.35. The largest absolute Gasteiger partial charge is 0.491 e. The summed E-state index contributed by atoms with van der Waals surface area (Å²) in [5, 5.41) is 0. The van der Waals surface area contributed by atoms with Crippen molar-refractivity contribution in [2.24, 2.45) is 0 Å². The maximum atomic E-state index is 12.6. The molecule has 4 nitrogen and oxygen atoms in total. The van der Waals surface area contributed by atoms with E-state index >= 15 is 0 Å².